The molecule has 0 aromatic rings. The minimum absolute atomic E-state index is 0.735. The average Bonchev–Trinajstić information content (AvgIpc) is 2.10. The van der Waals surface area contributed by atoms with Crippen molar-refractivity contribution in [2.24, 2.45) is 0 Å². The Morgan fingerprint density at radius 3 is 1.83 bits per heavy atom. The molecule has 0 atom stereocenters. The highest BCUT2D eigenvalue weighted by Gasteiger charge is 1.90. The van der Waals surface area contributed by atoms with Crippen LogP contribution < -0.4 is 0 Å². The van der Waals surface area contributed by atoms with Gasteiger partial charge in [0.15, 0.2) is 0 Å². The Morgan fingerprint density at radius 1 is 0.833 bits per heavy atom. The molecule has 0 heterocycles. The van der Waals surface area contributed by atoms with Crippen molar-refractivity contribution in [3.05, 3.63) is 6.92 Å². The zero-order valence-corrected chi connectivity index (χ0v) is 8.02. The molecule has 0 spiro atoms. The highest BCUT2D eigenvalue weighted by molar-refractivity contribution is 4.67. The van der Waals surface area contributed by atoms with Crippen LogP contribution in [0.25, 0.3) is 0 Å². The summed E-state index contributed by atoms with van der Waals surface area (Å²) in [5.41, 5.74) is 0. The van der Waals surface area contributed by atoms with E-state index < -0.39 is 0 Å². The predicted molar refractivity (Wildman–Crippen MR) is 52.5 cm³/mol. The second-order valence-electron chi connectivity index (χ2n) is 3.24. The van der Waals surface area contributed by atoms with Crippen LogP contribution in [0.2, 0.25) is 0 Å². The van der Waals surface area contributed by atoms with E-state index in [0.717, 1.165) is 19.3 Å². The van der Waals surface area contributed by atoms with E-state index in [1.54, 1.807) is 0 Å². The standard InChI is InChI=1S/C11H20N/c1-2-3-4-5-6-7-8-9-10-11-12/h1-10H2. The minimum Gasteiger partial charge on any atom is -0.198 e. The fraction of sp³-hybridized carbons (Fsp3) is 0.818. The molecule has 1 heteroatoms. The first kappa shape index (κ1) is 11.5. The maximum absolute atomic E-state index is 8.28. The highest BCUT2D eigenvalue weighted by atomic mass is 14.2. The second-order valence-corrected chi connectivity index (χ2v) is 3.24. The van der Waals surface area contributed by atoms with Crippen LogP contribution in [0, 0.1) is 18.3 Å². The van der Waals surface area contributed by atoms with Gasteiger partial charge in [0.2, 0.25) is 0 Å². The van der Waals surface area contributed by atoms with Gasteiger partial charge in [-0.3, -0.25) is 0 Å². The Hall–Kier alpha value is -0.510. The predicted octanol–water partition coefficient (Wildman–Crippen LogP) is 3.85. The Bertz CT molecular complexity index is 113. The summed E-state index contributed by atoms with van der Waals surface area (Å²) in [5.74, 6) is 0. The van der Waals surface area contributed by atoms with Gasteiger partial charge in [0.1, 0.15) is 0 Å². The zero-order valence-electron chi connectivity index (χ0n) is 8.02. The monoisotopic (exact) mass is 166 g/mol. The van der Waals surface area contributed by atoms with E-state index in [-0.39, 0.29) is 0 Å². The van der Waals surface area contributed by atoms with Crippen LogP contribution in [0.4, 0.5) is 0 Å². The highest BCUT2D eigenvalue weighted by Crippen LogP contribution is 2.08. The summed E-state index contributed by atoms with van der Waals surface area (Å²) in [6, 6.07) is 2.17. The van der Waals surface area contributed by atoms with E-state index >= 15 is 0 Å². The molecule has 0 aliphatic carbocycles. The normalized spacial score (nSPS) is 9.67. The lowest BCUT2D eigenvalue weighted by Gasteiger charge is -1.98. The van der Waals surface area contributed by atoms with Gasteiger partial charge in [0, 0.05) is 6.42 Å². The maximum atomic E-state index is 8.28. The quantitative estimate of drug-likeness (QED) is 0.502. The van der Waals surface area contributed by atoms with Gasteiger partial charge in [-0.25, -0.2) is 0 Å². The molecule has 0 saturated carbocycles. The fourth-order valence-corrected chi connectivity index (χ4v) is 1.26. The van der Waals surface area contributed by atoms with Crippen molar-refractivity contribution in [3.63, 3.8) is 0 Å². The van der Waals surface area contributed by atoms with Crippen LogP contribution in [0.3, 0.4) is 0 Å². The van der Waals surface area contributed by atoms with Crippen LogP contribution >= 0.6 is 0 Å². The van der Waals surface area contributed by atoms with Crippen molar-refractivity contribution >= 4 is 0 Å². The number of hydrogen-bond acceptors (Lipinski definition) is 1. The van der Waals surface area contributed by atoms with E-state index in [9.17, 15) is 0 Å². The summed E-state index contributed by atoms with van der Waals surface area (Å²) in [6.45, 7) is 3.81. The molecule has 0 aromatic carbocycles. The van der Waals surface area contributed by atoms with Gasteiger partial charge >= 0.3 is 0 Å². The number of nitriles is 1. The van der Waals surface area contributed by atoms with Crippen molar-refractivity contribution < 1.29 is 0 Å². The molecule has 0 bridgehead atoms. The third kappa shape index (κ3) is 9.49. The lowest BCUT2D eigenvalue weighted by molar-refractivity contribution is 0.584. The van der Waals surface area contributed by atoms with Crippen molar-refractivity contribution in [2.45, 2.75) is 57.8 Å². The minimum atomic E-state index is 0.735. The van der Waals surface area contributed by atoms with Gasteiger partial charge in [-0.15, -0.1) is 0 Å². The van der Waals surface area contributed by atoms with E-state index in [1.165, 1.54) is 38.5 Å². The summed E-state index contributed by atoms with van der Waals surface area (Å²) in [5, 5.41) is 8.28. The third-order valence-electron chi connectivity index (χ3n) is 2.04. The zero-order chi connectivity index (χ0) is 9.07. The molecule has 0 aromatic heterocycles. The van der Waals surface area contributed by atoms with Gasteiger partial charge in [-0.2, -0.15) is 5.26 Å². The summed E-state index contributed by atoms with van der Waals surface area (Å²) < 4.78 is 0. The van der Waals surface area contributed by atoms with Crippen LogP contribution in [0.15, 0.2) is 0 Å². The maximum Gasteiger partial charge on any atom is 0.0621 e. The second kappa shape index (κ2) is 10.5. The van der Waals surface area contributed by atoms with Gasteiger partial charge in [-0.05, 0) is 6.42 Å². The first-order valence-corrected chi connectivity index (χ1v) is 5.08. The van der Waals surface area contributed by atoms with Gasteiger partial charge in [-0.1, -0.05) is 51.9 Å². The molecule has 0 aliphatic rings. The van der Waals surface area contributed by atoms with Gasteiger partial charge in [0.25, 0.3) is 0 Å². The Kier molecular flexibility index (Phi) is 10.0. The van der Waals surface area contributed by atoms with Crippen molar-refractivity contribution in [1.29, 1.82) is 5.26 Å². The van der Waals surface area contributed by atoms with Crippen LogP contribution in [0.5, 0.6) is 0 Å². The molecule has 1 radical (unpaired) electrons. The number of hydrogen-bond donors (Lipinski definition) is 0. The Morgan fingerprint density at radius 2 is 1.33 bits per heavy atom. The number of unbranched alkanes of at least 4 members (excludes halogenated alkanes) is 8. The average molecular weight is 166 g/mol. The molecule has 0 saturated heterocycles. The lowest BCUT2D eigenvalue weighted by atomic mass is 10.1. The molecule has 0 unspecified atom stereocenters. The first-order chi connectivity index (χ1) is 5.91. The molecular weight excluding hydrogens is 146 g/mol. The largest absolute Gasteiger partial charge is 0.198 e. The summed E-state index contributed by atoms with van der Waals surface area (Å²) in [7, 11) is 0. The van der Waals surface area contributed by atoms with Gasteiger partial charge < -0.3 is 0 Å². The topological polar surface area (TPSA) is 23.8 Å². The van der Waals surface area contributed by atoms with Crippen LogP contribution in [-0.2, 0) is 0 Å². The molecule has 12 heavy (non-hydrogen) atoms. The van der Waals surface area contributed by atoms with Gasteiger partial charge in [0.05, 0.1) is 6.07 Å². The molecule has 69 valence electrons. The van der Waals surface area contributed by atoms with E-state index in [4.69, 9.17) is 5.26 Å². The SMILES string of the molecule is [CH2]CCCCCCCCCC#N. The summed E-state index contributed by atoms with van der Waals surface area (Å²) in [4.78, 5) is 0. The lowest BCUT2D eigenvalue weighted by Crippen LogP contribution is -1.79. The Balaban J connectivity index is 2.78. The summed E-state index contributed by atoms with van der Waals surface area (Å²) in [6.07, 6.45) is 10.7. The third-order valence-corrected chi connectivity index (χ3v) is 2.04. The molecule has 0 fully saturated rings. The van der Waals surface area contributed by atoms with E-state index in [0.29, 0.717) is 0 Å². The smallest absolute Gasteiger partial charge is 0.0621 e. The number of rotatable bonds is 8. The molecule has 0 aliphatic heterocycles. The van der Waals surface area contributed by atoms with E-state index in [2.05, 4.69) is 13.0 Å². The van der Waals surface area contributed by atoms with E-state index in [1.807, 2.05) is 0 Å². The fourth-order valence-electron chi connectivity index (χ4n) is 1.26. The molecule has 1 nitrogen and oxygen atoms in total. The van der Waals surface area contributed by atoms with Crippen molar-refractivity contribution in [2.75, 3.05) is 0 Å². The first-order valence-electron chi connectivity index (χ1n) is 5.08. The molecule has 0 N–H and O–H groups in total. The van der Waals surface area contributed by atoms with Crippen LogP contribution in [-0.4, -0.2) is 0 Å². The van der Waals surface area contributed by atoms with Crippen molar-refractivity contribution in [1.82, 2.24) is 0 Å². The molecule has 0 amide bonds. The van der Waals surface area contributed by atoms with Crippen molar-refractivity contribution in [3.8, 4) is 6.07 Å². The molecular formula is C11H20N. The molecule has 0 rings (SSSR count). The Labute approximate surface area is 76.8 Å². The number of nitrogens with zero attached hydrogens (tertiary/aromatic N) is 1. The van der Waals surface area contributed by atoms with Crippen LogP contribution in [0.1, 0.15) is 57.8 Å². The summed E-state index contributed by atoms with van der Waals surface area (Å²) >= 11 is 0.